The van der Waals surface area contributed by atoms with E-state index < -0.39 is 5.41 Å². The summed E-state index contributed by atoms with van der Waals surface area (Å²) in [5.41, 5.74) is 7.27. The highest BCUT2D eigenvalue weighted by Gasteiger charge is 2.31. The first kappa shape index (κ1) is 23.6. The van der Waals surface area contributed by atoms with Gasteiger partial charge in [0.15, 0.2) is 0 Å². The zero-order valence-corrected chi connectivity index (χ0v) is 20.8. The number of rotatable bonds is 6. The second kappa shape index (κ2) is 9.35. The minimum absolute atomic E-state index is 0.494. The summed E-state index contributed by atoms with van der Waals surface area (Å²) >= 11 is 6.36. The van der Waals surface area contributed by atoms with E-state index in [-0.39, 0.29) is 0 Å². The fourth-order valence-electron chi connectivity index (χ4n) is 4.67. The van der Waals surface area contributed by atoms with Gasteiger partial charge in [-0.05, 0) is 35.4 Å². The average Bonchev–Trinajstić information content (AvgIpc) is 3.13. The molecule has 0 aliphatic carbocycles. The maximum Gasteiger partial charge on any atom is 0.133 e. The molecule has 1 aromatic heterocycles. The van der Waals surface area contributed by atoms with Crippen molar-refractivity contribution in [2.24, 2.45) is 7.05 Å². The number of allylic oxidation sites excluding steroid dienone is 2. The predicted octanol–water partition coefficient (Wildman–Crippen LogP) is 6.76. The van der Waals surface area contributed by atoms with E-state index in [4.69, 9.17) is 11.6 Å². The highest BCUT2D eigenvalue weighted by Crippen LogP contribution is 2.41. The highest BCUT2D eigenvalue weighted by atomic mass is 35.5. The molecule has 4 rings (SSSR count). The molecule has 3 aromatic carbocycles. The number of nitrogens with two attached hydrogens (primary N) is 1. The van der Waals surface area contributed by atoms with Crippen molar-refractivity contribution in [3.63, 3.8) is 0 Å². The van der Waals surface area contributed by atoms with Crippen LogP contribution in [0.2, 0.25) is 5.02 Å². The molecule has 0 fully saturated rings. The number of hydrogen-bond acceptors (Lipinski definition) is 1. The quantitative estimate of drug-likeness (QED) is 0.190. The summed E-state index contributed by atoms with van der Waals surface area (Å²) in [5, 5.41) is 14.1. The fraction of sp³-hybridized carbons (Fsp3) is 0.167. The van der Waals surface area contributed by atoms with Crippen molar-refractivity contribution < 1.29 is 5.32 Å². The average molecular weight is 467 g/mol. The molecule has 0 saturated heterocycles. The van der Waals surface area contributed by atoms with Crippen LogP contribution in [0.3, 0.4) is 0 Å². The van der Waals surface area contributed by atoms with Crippen LogP contribution in [0.4, 0.5) is 5.69 Å². The van der Waals surface area contributed by atoms with Crippen LogP contribution in [0.25, 0.3) is 28.2 Å². The van der Waals surface area contributed by atoms with Crippen molar-refractivity contribution in [3.05, 3.63) is 107 Å². The molecule has 0 atom stereocenters. The monoisotopic (exact) mass is 466 g/mol. The summed E-state index contributed by atoms with van der Waals surface area (Å²) in [5.74, 6) is 0. The maximum absolute atomic E-state index is 10.3. The third kappa shape index (κ3) is 4.07. The Morgan fingerprint density at radius 3 is 2.41 bits per heavy atom. The maximum atomic E-state index is 10.3. The van der Waals surface area contributed by atoms with Crippen molar-refractivity contribution >= 4 is 34.3 Å². The largest absolute Gasteiger partial charge is 0.343 e. The van der Waals surface area contributed by atoms with Crippen molar-refractivity contribution in [2.45, 2.75) is 19.3 Å². The first-order chi connectivity index (χ1) is 16.3. The predicted molar refractivity (Wildman–Crippen MR) is 143 cm³/mol. The molecule has 0 radical (unpaired) electrons. The summed E-state index contributed by atoms with van der Waals surface area (Å²) in [6.45, 7) is 8.61. The molecule has 1 heterocycles. The molecular formula is C30H29ClN3+. The molecule has 170 valence electrons. The van der Waals surface area contributed by atoms with Gasteiger partial charge in [0.25, 0.3) is 0 Å². The third-order valence-corrected chi connectivity index (χ3v) is 6.92. The molecule has 0 unspecified atom stereocenters. The number of benzene rings is 3. The Morgan fingerprint density at radius 2 is 1.74 bits per heavy atom. The van der Waals surface area contributed by atoms with Gasteiger partial charge in [-0.25, -0.2) is 0 Å². The number of hydrogen-bond donors (Lipinski definition) is 1. The summed E-state index contributed by atoms with van der Waals surface area (Å²) in [7, 11) is 4.08. The molecule has 34 heavy (non-hydrogen) atoms. The molecule has 4 aromatic rings. The Bertz CT molecular complexity index is 1450. The van der Waals surface area contributed by atoms with Gasteiger partial charge in [-0.3, -0.25) is 0 Å². The van der Waals surface area contributed by atoms with Crippen LogP contribution in [-0.2, 0) is 12.5 Å². The Kier molecular flexibility index (Phi) is 6.48. The second-order valence-corrected chi connectivity index (χ2v) is 9.43. The van der Waals surface area contributed by atoms with Gasteiger partial charge >= 0.3 is 0 Å². The first-order valence-corrected chi connectivity index (χ1v) is 11.7. The number of quaternary nitrogens is 1. The lowest BCUT2D eigenvalue weighted by Gasteiger charge is -2.28. The van der Waals surface area contributed by atoms with E-state index in [0.717, 1.165) is 44.5 Å². The zero-order valence-electron chi connectivity index (χ0n) is 20.1. The standard InChI is InChI=1S/C30H28ClN3/c1-20(30(2,3)26-18-23(31)15-16-27(26)33-4)22(19-32)17-25-24-13-9-10-14-28(24)34(5)29(25)21-11-7-6-8-12-21/h6-18,33H,1H2,2-5H3/p+1/b22-17+. The Hall–Kier alpha value is -3.58. The number of aryl methyl sites for hydroxylation is 1. The first-order valence-electron chi connectivity index (χ1n) is 11.3. The Morgan fingerprint density at radius 1 is 1.06 bits per heavy atom. The lowest BCUT2D eigenvalue weighted by molar-refractivity contribution is -0.540. The van der Waals surface area contributed by atoms with Crippen molar-refractivity contribution in [1.29, 1.82) is 5.26 Å². The van der Waals surface area contributed by atoms with Crippen LogP contribution < -0.4 is 5.32 Å². The summed E-state index contributed by atoms with van der Waals surface area (Å²) in [6.07, 6.45) is 1.99. The number of para-hydroxylation sites is 1. The minimum Gasteiger partial charge on any atom is -0.343 e. The van der Waals surface area contributed by atoms with E-state index in [1.807, 2.05) is 61.7 Å². The normalized spacial score (nSPS) is 12.1. The summed E-state index contributed by atoms with van der Waals surface area (Å²) in [6, 6.07) is 26.9. The van der Waals surface area contributed by atoms with Crippen LogP contribution in [-0.4, -0.2) is 11.6 Å². The van der Waals surface area contributed by atoms with Gasteiger partial charge in [0.2, 0.25) is 0 Å². The molecule has 3 nitrogen and oxygen atoms in total. The Labute approximate surface area is 206 Å². The lowest BCUT2D eigenvalue weighted by atomic mass is 9.74. The third-order valence-electron chi connectivity index (χ3n) is 6.68. The lowest BCUT2D eigenvalue weighted by Crippen LogP contribution is -2.73. The van der Waals surface area contributed by atoms with Gasteiger partial charge in [0, 0.05) is 45.6 Å². The highest BCUT2D eigenvalue weighted by molar-refractivity contribution is 6.30. The van der Waals surface area contributed by atoms with Crippen LogP contribution in [0, 0.1) is 11.3 Å². The van der Waals surface area contributed by atoms with E-state index >= 15 is 0 Å². The van der Waals surface area contributed by atoms with Crippen LogP contribution >= 0.6 is 11.6 Å². The number of nitriles is 1. The smallest absolute Gasteiger partial charge is 0.133 e. The van der Waals surface area contributed by atoms with Crippen LogP contribution in [0.5, 0.6) is 0 Å². The molecule has 2 N–H and O–H groups in total. The van der Waals surface area contributed by atoms with Gasteiger partial charge in [0.05, 0.1) is 24.4 Å². The van der Waals surface area contributed by atoms with Gasteiger partial charge < -0.3 is 9.88 Å². The number of nitrogens with zero attached hydrogens (tertiary/aromatic N) is 2. The molecule has 0 aliphatic rings. The SMILES string of the molecule is C=C(/C(C#N)=C/c1c(-c2ccccc2)n(C)c2ccccc12)C(C)(C)c1cc(Cl)ccc1[NH2+]C. The van der Waals surface area contributed by atoms with E-state index in [1.165, 1.54) is 0 Å². The molecule has 0 amide bonds. The van der Waals surface area contributed by atoms with Gasteiger partial charge in [-0.15, -0.1) is 0 Å². The topological polar surface area (TPSA) is 45.3 Å². The van der Waals surface area contributed by atoms with Crippen molar-refractivity contribution in [1.82, 2.24) is 4.57 Å². The van der Waals surface area contributed by atoms with Crippen molar-refractivity contribution in [3.8, 4) is 17.3 Å². The molecule has 0 aliphatic heterocycles. The van der Waals surface area contributed by atoms with Gasteiger partial charge in [-0.2, -0.15) is 5.26 Å². The van der Waals surface area contributed by atoms with E-state index in [0.29, 0.717) is 10.6 Å². The van der Waals surface area contributed by atoms with E-state index in [9.17, 15) is 5.26 Å². The molecule has 4 heteroatoms. The molecule has 0 bridgehead atoms. The number of halogens is 1. The fourth-order valence-corrected chi connectivity index (χ4v) is 4.84. The summed E-state index contributed by atoms with van der Waals surface area (Å²) < 4.78 is 2.19. The summed E-state index contributed by atoms with van der Waals surface area (Å²) in [4.78, 5) is 0. The molecule has 0 spiro atoms. The zero-order chi connectivity index (χ0) is 24.5. The number of aromatic nitrogens is 1. The molecule has 0 saturated carbocycles. The van der Waals surface area contributed by atoms with Crippen LogP contribution in [0.1, 0.15) is 25.0 Å². The Balaban J connectivity index is 1.92. The van der Waals surface area contributed by atoms with E-state index in [1.54, 1.807) is 0 Å². The number of fused-ring (bicyclic) bond motifs is 1. The van der Waals surface area contributed by atoms with Crippen molar-refractivity contribution in [2.75, 3.05) is 7.05 Å². The second-order valence-electron chi connectivity index (χ2n) is 9.00. The van der Waals surface area contributed by atoms with Gasteiger partial charge in [-0.1, -0.05) is 80.6 Å². The molecular weight excluding hydrogens is 438 g/mol. The van der Waals surface area contributed by atoms with E-state index in [2.05, 4.69) is 67.7 Å². The van der Waals surface area contributed by atoms with Gasteiger partial charge in [0.1, 0.15) is 5.69 Å². The minimum atomic E-state index is -0.494. The van der Waals surface area contributed by atoms with Crippen LogP contribution in [0.15, 0.2) is 90.5 Å².